The Morgan fingerprint density at radius 2 is 1.57 bits per heavy atom. The Morgan fingerprint density at radius 1 is 0.905 bits per heavy atom. The van der Waals surface area contributed by atoms with Crippen molar-refractivity contribution in [3.05, 3.63) is 70.7 Å². The molecule has 0 aromatic heterocycles. The highest BCUT2D eigenvalue weighted by molar-refractivity contribution is 6.30. The Labute approximate surface area is 131 Å². The molecule has 0 spiro atoms. The summed E-state index contributed by atoms with van der Waals surface area (Å²) in [7, 11) is 0. The number of aryl methyl sites for hydroxylation is 2. The van der Waals surface area contributed by atoms with E-state index in [-0.39, 0.29) is 5.91 Å². The molecule has 0 aliphatic carbocycles. The van der Waals surface area contributed by atoms with Crippen LogP contribution in [0.3, 0.4) is 0 Å². The van der Waals surface area contributed by atoms with Crippen LogP contribution in [0, 0.1) is 0 Å². The Kier molecular flexibility index (Phi) is 6.29. The van der Waals surface area contributed by atoms with Gasteiger partial charge in [0.05, 0.1) is 0 Å². The highest BCUT2D eigenvalue weighted by Crippen LogP contribution is 2.10. The van der Waals surface area contributed by atoms with E-state index in [0.29, 0.717) is 6.42 Å². The zero-order chi connectivity index (χ0) is 14.9. The molecule has 1 amide bonds. The lowest BCUT2D eigenvalue weighted by molar-refractivity contribution is -0.121. The fourth-order valence-electron chi connectivity index (χ4n) is 2.16. The number of nitrogens with one attached hydrogen (secondary N) is 1. The van der Waals surface area contributed by atoms with Gasteiger partial charge in [0.15, 0.2) is 0 Å². The quantitative estimate of drug-likeness (QED) is 0.769. The second-order valence-electron chi connectivity index (χ2n) is 5.07. The van der Waals surface area contributed by atoms with E-state index in [1.165, 1.54) is 11.1 Å². The molecular weight excluding hydrogens is 282 g/mol. The molecule has 0 heterocycles. The van der Waals surface area contributed by atoms with Crippen LogP contribution in [0.4, 0.5) is 0 Å². The van der Waals surface area contributed by atoms with E-state index >= 15 is 0 Å². The van der Waals surface area contributed by atoms with Gasteiger partial charge >= 0.3 is 0 Å². The molecule has 0 atom stereocenters. The summed E-state index contributed by atoms with van der Waals surface area (Å²) in [5.41, 5.74) is 2.45. The average molecular weight is 302 g/mol. The number of hydrogen-bond acceptors (Lipinski definition) is 1. The lowest BCUT2D eigenvalue weighted by Crippen LogP contribution is -2.24. The molecule has 1 N–H and O–H groups in total. The van der Waals surface area contributed by atoms with Crippen molar-refractivity contribution in [2.75, 3.05) is 6.54 Å². The summed E-state index contributed by atoms with van der Waals surface area (Å²) in [6.45, 7) is 0.719. The van der Waals surface area contributed by atoms with Gasteiger partial charge in [-0.25, -0.2) is 0 Å². The van der Waals surface area contributed by atoms with Gasteiger partial charge in [0.2, 0.25) is 5.91 Å². The molecule has 0 unspecified atom stereocenters. The Morgan fingerprint density at radius 3 is 2.29 bits per heavy atom. The number of rotatable bonds is 7. The molecule has 0 bridgehead atoms. The lowest BCUT2D eigenvalue weighted by atomic mass is 10.1. The van der Waals surface area contributed by atoms with E-state index in [2.05, 4.69) is 5.32 Å². The van der Waals surface area contributed by atoms with Gasteiger partial charge in [-0.15, -0.1) is 0 Å². The topological polar surface area (TPSA) is 29.1 Å². The Bertz CT molecular complexity index is 551. The summed E-state index contributed by atoms with van der Waals surface area (Å²) < 4.78 is 0. The summed E-state index contributed by atoms with van der Waals surface area (Å²) in [6, 6.07) is 17.9. The summed E-state index contributed by atoms with van der Waals surface area (Å²) in [5, 5.41) is 3.73. The third-order valence-corrected chi connectivity index (χ3v) is 3.61. The van der Waals surface area contributed by atoms with Crippen LogP contribution >= 0.6 is 11.6 Å². The smallest absolute Gasteiger partial charge is 0.220 e. The van der Waals surface area contributed by atoms with Gasteiger partial charge in [-0.05, 0) is 42.5 Å². The minimum Gasteiger partial charge on any atom is -0.356 e. The first-order chi connectivity index (χ1) is 10.2. The van der Waals surface area contributed by atoms with Gasteiger partial charge in [-0.1, -0.05) is 54.1 Å². The Hall–Kier alpha value is -1.80. The van der Waals surface area contributed by atoms with Crippen molar-refractivity contribution < 1.29 is 4.79 Å². The van der Waals surface area contributed by atoms with Gasteiger partial charge < -0.3 is 5.32 Å². The maximum Gasteiger partial charge on any atom is 0.220 e. The van der Waals surface area contributed by atoms with Crippen LogP contribution in [-0.2, 0) is 17.6 Å². The molecule has 21 heavy (non-hydrogen) atoms. The van der Waals surface area contributed by atoms with Gasteiger partial charge in [0.1, 0.15) is 0 Å². The van der Waals surface area contributed by atoms with Gasteiger partial charge in [-0.2, -0.15) is 0 Å². The zero-order valence-electron chi connectivity index (χ0n) is 12.0. The average Bonchev–Trinajstić information content (AvgIpc) is 2.52. The van der Waals surface area contributed by atoms with E-state index in [1.807, 2.05) is 54.6 Å². The molecule has 0 saturated heterocycles. The largest absolute Gasteiger partial charge is 0.356 e. The standard InChI is InChI=1S/C18H20ClNO/c19-17-11-8-16(9-12-17)7-4-14-20-18(21)13-10-15-5-2-1-3-6-15/h1-3,5-6,8-9,11-12H,4,7,10,13-14H2,(H,20,21). The van der Waals surface area contributed by atoms with Crippen LogP contribution in [0.15, 0.2) is 54.6 Å². The number of carbonyl (C=O) groups excluding carboxylic acids is 1. The van der Waals surface area contributed by atoms with Crippen LogP contribution in [0.1, 0.15) is 24.0 Å². The molecule has 0 aliphatic rings. The van der Waals surface area contributed by atoms with E-state index in [0.717, 1.165) is 30.8 Å². The first-order valence-electron chi connectivity index (χ1n) is 7.29. The zero-order valence-corrected chi connectivity index (χ0v) is 12.8. The van der Waals surface area contributed by atoms with Crippen LogP contribution in [0.25, 0.3) is 0 Å². The lowest BCUT2D eigenvalue weighted by Gasteiger charge is -2.06. The minimum absolute atomic E-state index is 0.120. The van der Waals surface area contributed by atoms with Crippen LogP contribution in [-0.4, -0.2) is 12.5 Å². The number of hydrogen-bond donors (Lipinski definition) is 1. The molecule has 0 fully saturated rings. The molecule has 0 aliphatic heterocycles. The maximum atomic E-state index is 11.7. The third-order valence-electron chi connectivity index (χ3n) is 3.36. The van der Waals surface area contributed by atoms with Gasteiger partial charge in [0.25, 0.3) is 0 Å². The fourth-order valence-corrected chi connectivity index (χ4v) is 2.29. The first kappa shape index (κ1) is 15.6. The molecule has 3 heteroatoms. The molecule has 2 aromatic carbocycles. The van der Waals surface area contributed by atoms with Gasteiger partial charge in [-0.3, -0.25) is 4.79 Å². The van der Waals surface area contributed by atoms with Crippen LogP contribution in [0.2, 0.25) is 5.02 Å². The molecule has 0 saturated carbocycles. The molecule has 2 aromatic rings. The van der Waals surface area contributed by atoms with E-state index in [9.17, 15) is 4.79 Å². The van der Waals surface area contributed by atoms with Crippen molar-refractivity contribution in [2.24, 2.45) is 0 Å². The number of carbonyl (C=O) groups is 1. The second-order valence-corrected chi connectivity index (χ2v) is 5.50. The Balaban J connectivity index is 1.60. The number of halogens is 1. The van der Waals surface area contributed by atoms with E-state index in [1.54, 1.807) is 0 Å². The molecule has 2 nitrogen and oxygen atoms in total. The number of amides is 1. The van der Waals surface area contributed by atoms with E-state index in [4.69, 9.17) is 11.6 Å². The predicted octanol–water partition coefficient (Wildman–Crippen LogP) is 4.02. The predicted molar refractivity (Wildman–Crippen MR) is 87.5 cm³/mol. The second kappa shape index (κ2) is 8.48. The van der Waals surface area contributed by atoms with Crippen molar-refractivity contribution in [3.63, 3.8) is 0 Å². The van der Waals surface area contributed by atoms with Crippen molar-refractivity contribution in [3.8, 4) is 0 Å². The van der Waals surface area contributed by atoms with Crippen molar-refractivity contribution >= 4 is 17.5 Å². The summed E-state index contributed by atoms with van der Waals surface area (Å²) in [4.78, 5) is 11.7. The monoisotopic (exact) mass is 301 g/mol. The van der Waals surface area contributed by atoms with Crippen LogP contribution < -0.4 is 5.32 Å². The SMILES string of the molecule is O=C(CCc1ccccc1)NCCCc1ccc(Cl)cc1. The fraction of sp³-hybridized carbons (Fsp3) is 0.278. The first-order valence-corrected chi connectivity index (χ1v) is 7.67. The van der Waals surface area contributed by atoms with Crippen molar-refractivity contribution in [2.45, 2.75) is 25.7 Å². The molecule has 110 valence electrons. The maximum absolute atomic E-state index is 11.7. The molecule has 2 rings (SSSR count). The third kappa shape index (κ3) is 6.01. The number of benzene rings is 2. The van der Waals surface area contributed by atoms with Crippen molar-refractivity contribution in [1.82, 2.24) is 5.32 Å². The summed E-state index contributed by atoms with van der Waals surface area (Å²) >= 11 is 5.84. The van der Waals surface area contributed by atoms with E-state index < -0.39 is 0 Å². The highest BCUT2D eigenvalue weighted by atomic mass is 35.5. The molecular formula is C18H20ClNO. The summed E-state index contributed by atoms with van der Waals surface area (Å²) in [6.07, 6.45) is 3.24. The molecule has 0 radical (unpaired) electrons. The van der Waals surface area contributed by atoms with Gasteiger partial charge in [0, 0.05) is 18.0 Å². The van der Waals surface area contributed by atoms with Crippen LogP contribution in [0.5, 0.6) is 0 Å². The highest BCUT2D eigenvalue weighted by Gasteiger charge is 2.01. The summed E-state index contributed by atoms with van der Waals surface area (Å²) in [5.74, 6) is 0.120. The normalized spacial score (nSPS) is 10.3. The van der Waals surface area contributed by atoms with Crippen molar-refractivity contribution in [1.29, 1.82) is 0 Å². The minimum atomic E-state index is 0.120.